The number of benzene rings is 2. The van der Waals surface area contributed by atoms with Crippen molar-refractivity contribution in [2.75, 3.05) is 13.2 Å². The van der Waals surface area contributed by atoms with Crippen LogP contribution in [0.3, 0.4) is 0 Å². The van der Waals surface area contributed by atoms with Gasteiger partial charge in [-0.25, -0.2) is 9.79 Å². The van der Waals surface area contributed by atoms with Gasteiger partial charge in [0.15, 0.2) is 24.2 Å². The average Bonchev–Trinajstić information content (AvgIpc) is 3.41. The van der Waals surface area contributed by atoms with E-state index in [1.807, 2.05) is 0 Å². The number of halogens is 7. The van der Waals surface area contributed by atoms with Crippen LogP contribution in [-0.4, -0.2) is 54.9 Å². The first kappa shape index (κ1) is 30.1. The molecule has 0 bridgehead atoms. The van der Waals surface area contributed by atoms with Crippen LogP contribution in [0.25, 0.3) is 0 Å². The van der Waals surface area contributed by atoms with Crippen LogP contribution < -0.4 is 0 Å². The molecule has 0 N–H and O–H groups in total. The first-order chi connectivity index (χ1) is 19.1. The average molecular weight is 604 g/mol. The summed E-state index contributed by atoms with van der Waals surface area (Å²) in [6, 6.07) is 13.1. The van der Waals surface area contributed by atoms with Crippen LogP contribution in [0.4, 0.5) is 26.3 Å². The highest BCUT2D eigenvalue weighted by Gasteiger charge is 2.75. The number of carbonyl (C=O) groups is 3. The molecule has 2 aromatic carbocycles. The number of hydrogen-bond acceptors (Lipinski definition) is 7. The highest BCUT2D eigenvalue weighted by atomic mass is 35.5. The van der Waals surface area contributed by atoms with Gasteiger partial charge in [-0.2, -0.15) is 26.3 Å². The van der Waals surface area contributed by atoms with Gasteiger partial charge in [0, 0.05) is 22.4 Å². The van der Waals surface area contributed by atoms with Crippen LogP contribution in [0.5, 0.6) is 0 Å². The van der Waals surface area contributed by atoms with E-state index >= 15 is 0 Å². The number of ether oxygens (including phenoxy) is 3. The molecule has 0 unspecified atom stereocenters. The van der Waals surface area contributed by atoms with E-state index in [0.717, 1.165) is 6.08 Å². The van der Waals surface area contributed by atoms with E-state index in [1.54, 1.807) is 18.2 Å². The number of rotatable bonds is 7. The second-order valence-corrected chi connectivity index (χ2v) is 9.82. The molecular formula is C27H20ClF6NO6. The van der Waals surface area contributed by atoms with Gasteiger partial charge in [-0.3, -0.25) is 9.59 Å². The molecule has 0 amide bonds. The van der Waals surface area contributed by atoms with Gasteiger partial charge < -0.3 is 14.2 Å². The Balaban J connectivity index is 1.99. The molecule has 7 nitrogen and oxygen atoms in total. The van der Waals surface area contributed by atoms with Gasteiger partial charge in [0.25, 0.3) is 0 Å². The van der Waals surface area contributed by atoms with Gasteiger partial charge in [-0.1, -0.05) is 48.0 Å². The first-order valence-corrected chi connectivity index (χ1v) is 12.3. The number of aliphatic imine (C=N–C) groups is 1. The highest BCUT2D eigenvalue weighted by Crippen LogP contribution is 2.63. The molecule has 1 aliphatic carbocycles. The third kappa shape index (κ3) is 5.67. The molecule has 41 heavy (non-hydrogen) atoms. The fraction of sp³-hybridized carbons (Fsp3) is 0.333. The maximum atomic E-state index is 13.7. The second kappa shape index (κ2) is 10.8. The Morgan fingerprint density at radius 3 is 2.10 bits per heavy atom. The zero-order chi connectivity index (χ0) is 30.2. The second-order valence-electron chi connectivity index (χ2n) is 9.39. The van der Waals surface area contributed by atoms with Crippen molar-refractivity contribution in [3.63, 3.8) is 0 Å². The Kier molecular flexibility index (Phi) is 7.96. The maximum Gasteiger partial charge on any atom is 0.422 e. The Morgan fingerprint density at radius 1 is 1.00 bits per heavy atom. The van der Waals surface area contributed by atoms with E-state index in [4.69, 9.17) is 16.3 Å². The summed E-state index contributed by atoms with van der Waals surface area (Å²) in [5.41, 5.74) is -4.99. The normalized spacial score (nSPS) is 23.6. The number of esters is 3. The zero-order valence-corrected chi connectivity index (χ0v) is 21.6. The monoisotopic (exact) mass is 603 g/mol. The summed E-state index contributed by atoms with van der Waals surface area (Å²) in [7, 11) is 0. The maximum absolute atomic E-state index is 13.7. The van der Waals surface area contributed by atoms with E-state index in [-0.39, 0.29) is 16.5 Å². The lowest BCUT2D eigenvalue weighted by Gasteiger charge is -2.35. The Labute approximate surface area is 233 Å². The molecule has 218 valence electrons. The number of hydrogen-bond donors (Lipinski definition) is 0. The summed E-state index contributed by atoms with van der Waals surface area (Å²) in [6.07, 6.45) is -9.84. The largest absolute Gasteiger partial charge is 0.455 e. The summed E-state index contributed by atoms with van der Waals surface area (Å²) in [5.74, 6) is -8.32. The Bertz CT molecular complexity index is 1360. The van der Waals surface area contributed by atoms with Crippen LogP contribution in [0.15, 0.2) is 72.2 Å². The molecule has 2 aromatic rings. The van der Waals surface area contributed by atoms with Crippen LogP contribution in [-0.2, 0) is 28.6 Å². The first-order valence-electron chi connectivity index (χ1n) is 11.9. The van der Waals surface area contributed by atoms with Crippen molar-refractivity contribution >= 4 is 35.4 Å². The number of nitrogens with zero attached hydrogens (tertiary/aromatic N) is 1. The molecule has 0 aromatic heterocycles. The predicted octanol–water partition coefficient (Wildman–Crippen LogP) is 5.57. The molecule has 1 fully saturated rings. The predicted molar refractivity (Wildman–Crippen MR) is 131 cm³/mol. The van der Waals surface area contributed by atoms with E-state index in [9.17, 15) is 40.7 Å². The number of cyclic esters (lactones) is 1. The lowest BCUT2D eigenvalue weighted by molar-refractivity contribution is -0.207. The molecule has 0 saturated heterocycles. The zero-order valence-electron chi connectivity index (χ0n) is 20.8. The SMILES string of the molecule is C=C[C@@H]1CC(C(=O)OCC(F)(F)F)(C(=O)OCC(F)(F)F)[C@@H](c2cccc(Cl)c2)[C@@]12N=C(c1ccccc1)OC2=O. The summed E-state index contributed by atoms with van der Waals surface area (Å²) in [5, 5.41) is 0.0135. The van der Waals surface area contributed by atoms with Crippen molar-refractivity contribution in [1.82, 2.24) is 0 Å². The fourth-order valence-electron chi connectivity index (χ4n) is 5.26. The summed E-state index contributed by atoms with van der Waals surface area (Å²) in [4.78, 5) is 45.2. The summed E-state index contributed by atoms with van der Waals surface area (Å²) in [6.45, 7) is -0.712. The van der Waals surface area contributed by atoms with Gasteiger partial charge in [0.05, 0.1) is 0 Å². The number of alkyl halides is 6. The van der Waals surface area contributed by atoms with Crippen LogP contribution in [0, 0.1) is 11.3 Å². The summed E-state index contributed by atoms with van der Waals surface area (Å²) < 4.78 is 92.8. The van der Waals surface area contributed by atoms with Crippen molar-refractivity contribution in [3.05, 3.63) is 83.4 Å². The molecule has 1 aliphatic heterocycles. The van der Waals surface area contributed by atoms with Crippen LogP contribution >= 0.6 is 11.6 Å². The Morgan fingerprint density at radius 2 is 1.59 bits per heavy atom. The lowest BCUT2D eigenvalue weighted by Crippen LogP contribution is -2.51. The molecule has 1 heterocycles. The van der Waals surface area contributed by atoms with Gasteiger partial charge >= 0.3 is 30.3 Å². The third-order valence-corrected chi connectivity index (χ3v) is 7.03. The van der Waals surface area contributed by atoms with E-state index in [1.165, 1.54) is 36.4 Å². The lowest BCUT2D eigenvalue weighted by atomic mass is 9.68. The van der Waals surface area contributed by atoms with Gasteiger partial charge in [0.2, 0.25) is 5.90 Å². The van der Waals surface area contributed by atoms with Crippen molar-refractivity contribution in [2.24, 2.45) is 16.3 Å². The van der Waals surface area contributed by atoms with Crippen molar-refractivity contribution in [1.29, 1.82) is 0 Å². The minimum Gasteiger partial charge on any atom is -0.455 e. The smallest absolute Gasteiger partial charge is 0.422 e. The molecule has 1 spiro atoms. The van der Waals surface area contributed by atoms with E-state index < -0.39 is 72.7 Å². The topological polar surface area (TPSA) is 91.3 Å². The van der Waals surface area contributed by atoms with Crippen LogP contribution in [0.2, 0.25) is 5.02 Å². The standard InChI is InChI=1S/C27H20ClF6NO6/c1-2-17-12-24(21(36)39-13-25(29,30)31,22(37)40-14-26(32,33)34)19(16-9-6-10-18(28)11-16)27(17)23(38)41-20(35-27)15-7-4-3-5-8-15/h2-11,17,19H,1,12-14H2/t17-,19-,27+/m1/s1. The molecular weight excluding hydrogens is 584 g/mol. The molecule has 2 aliphatic rings. The third-order valence-electron chi connectivity index (χ3n) is 6.79. The fourth-order valence-corrected chi connectivity index (χ4v) is 5.46. The van der Waals surface area contributed by atoms with Crippen molar-refractivity contribution < 1.29 is 54.9 Å². The minimum absolute atomic E-state index is 0.0135. The number of carbonyl (C=O) groups excluding carboxylic acids is 3. The van der Waals surface area contributed by atoms with E-state index in [2.05, 4.69) is 21.0 Å². The van der Waals surface area contributed by atoms with Crippen LogP contribution in [0.1, 0.15) is 23.5 Å². The quantitative estimate of drug-likeness (QED) is 0.135. The van der Waals surface area contributed by atoms with Crippen molar-refractivity contribution in [3.8, 4) is 0 Å². The van der Waals surface area contributed by atoms with Gasteiger partial charge in [-0.05, 0) is 36.2 Å². The molecule has 3 atom stereocenters. The minimum atomic E-state index is -5.06. The Hall–Kier alpha value is -3.87. The van der Waals surface area contributed by atoms with Gasteiger partial charge in [-0.15, -0.1) is 6.58 Å². The molecule has 1 saturated carbocycles. The molecule has 14 heteroatoms. The molecule has 0 radical (unpaired) electrons. The molecule has 4 rings (SSSR count). The van der Waals surface area contributed by atoms with Crippen molar-refractivity contribution in [2.45, 2.75) is 30.2 Å². The van der Waals surface area contributed by atoms with Gasteiger partial charge in [0.1, 0.15) is 0 Å². The van der Waals surface area contributed by atoms with E-state index in [0.29, 0.717) is 5.56 Å². The highest BCUT2D eigenvalue weighted by molar-refractivity contribution is 6.30. The summed E-state index contributed by atoms with van der Waals surface area (Å²) >= 11 is 6.14.